The first kappa shape index (κ1) is 17.4. The summed E-state index contributed by atoms with van der Waals surface area (Å²) in [6, 6.07) is 5.80. The van der Waals surface area contributed by atoms with Crippen LogP contribution in [0.4, 0.5) is 13.2 Å². The third-order valence-corrected chi connectivity index (χ3v) is 4.46. The Hall–Kier alpha value is -0.680. The van der Waals surface area contributed by atoms with Gasteiger partial charge < -0.3 is 5.32 Å². The van der Waals surface area contributed by atoms with Crippen molar-refractivity contribution in [2.75, 3.05) is 18.6 Å². The smallest absolute Gasteiger partial charge is 0.316 e. The standard InChI is InChI=1S/C15H22F3NS/c1-11(2)9-20-10-14(19-3)8-12-5-4-6-13(7-12)15(16,17)18/h4-7,11,14,19H,8-10H2,1-3H3. The summed E-state index contributed by atoms with van der Waals surface area (Å²) in [5.41, 5.74) is 0.156. The van der Waals surface area contributed by atoms with Gasteiger partial charge in [0.1, 0.15) is 0 Å². The fraction of sp³-hybridized carbons (Fsp3) is 0.600. The zero-order chi connectivity index (χ0) is 15.2. The average molecular weight is 305 g/mol. The van der Waals surface area contributed by atoms with E-state index < -0.39 is 11.7 Å². The minimum Gasteiger partial charge on any atom is -0.316 e. The molecule has 20 heavy (non-hydrogen) atoms. The van der Waals surface area contributed by atoms with Crippen molar-refractivity contribution in [2.24, 2.45) is 5.92 Å². The van der Waals surface area contributed by atoms with Gasteiger partial charge in [-0.15, -0.1) is 0 Å². The van der Waals surface area contributed by atoms with Crippen molar-refractivity contribution >= 4 is 11.8 Å². The van der Waals surface area contributed by atoms with Crippen LogP contribution in [0.15, 0.2) is 24.3 Å². The van der Waals surface area contributed by atoms with Crippen LogP contribution in [0.3, 0.4) is 0 Å². The van der Waals surface area contributed by atoms with E-state index in [1.54, 1.807) is 6.07 Å². The molecule has 0 fully saturated rings. The van der Waals surface area contributed by atoms with E-state index in [9.17, 15) is 13.2 Å². The maximum atomic E-state index is 12.7. The molecule has 1 atom stereocenters. The number of rotatable bonds is 7. The van der Waals surface area contributed by atoms with Crippen LogP contribution in [0.2, 0.25) is 0 Å². The fourth-order valence-electron chi connectivity index (χ4n) is 1.85. The monoisotopic (exact) mass is 305 g/mol. The van der Waals surface area contributed by atoms with E-state index in [4.69, 9.17) is 0 Å². The highest BCUT2D eigenvalue weighted by Crippen LogP contribution is 2.29. The summed E-state index contributed by atoms with van der Waals surface area (Å²) in [6.45, 7) is 4.32. The highest BCUT2D eigenvalue weighted by molar-refractivity contribution is 7.99. The van der Waals surface area contributed by atoms with Gasteiger partial charge in [0.05, 0.1) is 5.56 Å². The zero-order valence-electron chi connectivity index (χ0n) is 12.1. The van der Waals surface area contributed by atoms with E-state index in [2.05, 4.69) is 19.2 Å². The minimum atomic E-state index is -4.27. The lowest BCUT2D eigenvalue weighted by molar-refractivity contribution is -0.137. The molecule has 0 saturated carbocycles. The molecule has 5 heteroatoms. The number of halogens is 3. The van der Waals surface area contributed by atoms with Crippen molar-refractivity contribution in [2.45, 2.75) is 32.5 Å². The molecule has 1 aromatic carbocycles. The summed E-state index contributed by atoms with van der Waals surface area (Å²) in [6.07, 6.45) is -3.65. The maximum Gasteiger partial charge on any atom is 0.416 e. The number of thioether (sulfide) groups is 1. The van der Waals surface area contributed by atoms with E-state index in [1.165, 1.54) is 12.1 Å². The number of benzene rings is 1. The molecule has 1 unspecified atom stereocenters. The summed E-state index contributed by atoms with van der Waals surface area (Å²) in [5, 5.41) is 3.18. The van der Waals surface area contributed by atoms with E-state index in [1.807, 2.05) is 18.8 Å². The molecule has 0 amide bonds. The van der Waals surface area contributed by atoms with Gasteiger partial charge in [-0.25, -0.2) is 0 Å². The lowest BCUT2D eigenvalue weighted by Crippen LogP contribution is -2.30. The molecule has 1 nitrogen and oxygen atoms in total. The molecule has 0 radical (unpaired) electrons. The Bertz CT molecular complexity index is 404. The normalized spacial score (nSPS) is 13.8. The Morgan fingerprint density at radius 1 is 1.20 bits per heavy atom. The molecular formula is C15H22F3NS. The molecule has 0 spiro atoms. The molecular weight excluding hydrogens is 283 g/mol. The van der Waals surface area contributed by atoms with Crippen molar-refractivity contribution in [1.82, 2.24) is 5.32 Å². The predicted octanol–water partition coefficient (Wildman–Crippen LogP) is 4.23. The Labute approximate surface area is 123 Å². The van der Waals surface area contributed by atoms with E-state index in [-0.39, 0.29) is 6.04 Å². The molecule has 0 heterocycles. The van der Waals surface area contributed by atoms with Crippen LogP contribution < -0.4 is 5.32 Å². The van der Waals surface area contributed by atoms with Crippen molar-refractivity contribution in [3.8, 4) is 0 Å². The van der Waals surface area contributed by atoms with Crippen LogP contribution >= 0.6 is 11.8 Å². The third kappa shape index (κ3) is 6.18. The summed E-state index contributed by atoms with van der Waals surface area (Å²) < 4.78 is 38.0. The van der Waals surface area contributed by atoms with Crippen LogP contribution in [-0.4, -0.2) is 24.6 Å². The molecule has 1 N–H and O–H groups in total. The van der Waals surface area contributed by atoms with Crippen LogP contribution in [0.1, 0.15) is 25.0 Å². The van der Waals surface area contributed by atoms with Gasteiger partial charge >= 0.3 is 6.18 Å². The van der Waals surface area contributed by atoms with Crippen LogP contribution in [-0.2, 0) is 12.6 Å². The largest absolute Gasteiger partial charge is 0.416 e. The molecule has 0 saturated heterocycles. The van der Waals surface area contributed by atoms with Crippen LogP contribution in [0.5, 0.6) is 0 Å². The van der Waals surface area contributed by atoms with Gasteiger partial charge in [-0.2, -0.15) is 24.9 Å². The summed E-state index contributed by atoms with van der Waals surface area (Å²) in [7, 11) is 1.86. The van der Waals surface area contributed by atoms with E-state index in [0.29, 0.717) is 12.3 Å². The molecule has 1 rings (SSSR count). The molecule has 1 aromatic rings. The second-order valence-corrected chi connectivity index (χ2v) is 6.39. The van der Waals surface area contributed by atoms with E-state index >= 15 is 0 Å². The molecule has 0 aliphatic rings. The van der Waals surface area contributed by atoms with Gasteiger partial charge in [0.25, 0.3) is 0 Å². The van der Waals surface area contributed by atoms with E-state index in [0.717, 1.165) is 23.1 Å². The first-order valence-corrected chi connectivity index (χ1v) is 7.89. The van der Waals surface area contributed by atoms with Crippen LogP contribution in [0, 0.1) is 5.92 Å². The van der Waals surface area contributed by atoms with Gasteiger partial charge in [-0.3, -0.25) is 0 Å². The zero-order valence-corrected chi connectivity index (χ0v) is 12.9. The second-order valence-electron chi connectivity index (χ2n) is 5.32. The Balaban J connectivity index is 2.61. The fourth-order valence-corrected chi connectivity index (χ4v) is 3.03. The maximum absolute atomic E-state index is 12.7. The number of nitrogens with one attached hydrogen (secondary N) is 1. The topological polar surface area (TPSA) is 12.0 Å². The predicted molar refractivity (Wildman–Crippen MR) is 80.2 cm³/mol. The number of likely N-dealkylation sites (N-methyl/N-ethyl adjacent to an activating group) is 1. The third-order valence-electron chi connectivity index (χ3n) is 2.91. The molecule has 114 valence electrons. The molecule has 0 aliphatic carbocycles. The Kier molecular flexibility index (Phi) is 6.89. The number of alkyl halides is 3. The summed E-state index contributed by atoms with van der Waals surface area (Å²) in [5.74, 6) is 2.61. The number of hydrogen-bond acceptors (Lipinski definition) is 2. The summed E-state index contributed by atoms with van der Waals surface area (Å²) >= 11 is 1.84. The molecule has 0 bridgehead atoms. The van der Waals surface area contributed by atoms with Gasteiger partial charge in [-0.1, -0.05) is 32.0 Å². The minimum absolute atomic E-state index is 0.197. The number of hydrogen-bond donors (Lipinski definition) is 1. The molecule has 0 aliphatic heterocycles. The first-order valence-electron chi connectivity index (χ1n) is 6.74. The Morgan fingerprint density at radius 2 is 1.90 bits per heavy atom. The van der Waals surface area contributed by atoms with Gasteiger partial charge in [0.2, 0.25) is 0 Å². The Morgan fingerprint density at radius 3 is 2.45 bits per heavy atom. The van der Waals surface area contributed by atoms with Crippen molar-refractivity contribution < 1.29 is 13.2 Å². The van der Waals surface area contributed by atoms with Gasteiger partial charge in [0.15, 0.2) is 0 Å². The lowest BCUT2D eigenvalue weighted by Gasteiger charge is -2.17. The van der Waals surface area contributed by atoms with Crippen molar-refractivity contribution in [3.05, 3.63) is 35.4 Å². The van der Waals surface area contributed by atoms with Crippen molar-refractivity contribution in [1.29, 1.82) is 0 Å². The highest BCUT2D eigenvalue weighted by Gasteiger charge is 2.30. The highest BCUT2D eigenvalue weighted by atomic mass is 32.2. The SMILES string of the molecule is CNC(CSCC(C)C)Cc1cccc(C(F)(F)F)c1. The average Bonchev–Trinajstić information content (AvgIpc) is 2.36. The van der Waals surface area contributed by atoms with Gasteiger partial charge in [0, 0.05) is 11.8 Å². The van der Waals surface area contributed by atoms with Gasteiger partial charge in [-0.05, 0) is 36.8 Å². The summed E-state index contributed by atoms with van der Waals surface area (Å²) in [4.78, 5) is 0. The van der Waals surface area contributed by atoms with Crippen molar-refractivity contribution in [3.63, 3.8) is 0 Å². The lowest BCUT2D eigenvalue weighted by atomic mass is 10.0. The van der Waals surface area contributed by atoms with Crippen LogP contribution in [0.25, 0.3) is 0 Å². The molecule has 0 aromatic heterocycles. The second kappa shape index (κ2) is 7.93. The first-order chi connectivity index (χ1) is 9.32. The quantitative estimate of drug-likeness (QED) is 0.809.